The standard InChI is InChI=1S/C3H9NO.H2O3S2/c1-3-4-5-2;1-5(2,3)4/h4H,3H2,1-2H3;(H2,1,2,3,4). The fourth-order valence-electron chi connectivity index (χ4n) is 0.144. The Morgan fingerprint density at radius 3 is 2.00 bits per heavy atom. The Hall–Kier alpha value is 0.180. The molecule has 0 radical (unpaired) electrons. The van der Waals surface area contributed by atoms with Gasteiger partial charge in [0.15, 0.2) is 0 Å². The molecule has 0 saturated carbocycles. The number of hydrogen-bond donors (Lipinski definition) is 3. The molecule has 0 aliphatic carbocycles. The molecule has 0 aromatic rings. The van der Waals surface area contributed by atoms with Crippen LogP contribution in [-0.2, 0) is 14.0 Å². The molecule has 0 atom stereocenters. The van der Waals surface area contributed by atoms with Crippen LogP contribution in [0, 0.1) is 0 Å². The molecule has 5 nitrogen and oxygen atoms in total. The Morgan fingerprint density at radius 1 is 1.70 bits per heavy atom. The molecule has 0 bridgehead atoms. The van der Waals surface area contributed by atoms with E-state index in [-0.39, 0.29) is 0 Å². The first-order valence-electron chi connectivity index (χ1n) is 2.37. The number of nitrogens with one attached hydrogen (secondary N) is 1. The lowest BCUT2D eigenvalue weighted by molar-refractivity contribution is 0.0962. The van der Waals surface area contributed by atoms with Gasteiger partial charge in [-0.1, -0.05) is 6.92 Å². The Kier molecular flexibility index (Phi) is 9.35. The van der Waals surface area contributed by atoms with Gasteiger partial charge in [0.05, 0.1) is 7.11 Å². The molecule has 0 spiro atoms. The number of hydroxylamine groups is 1. The van der Waals surface area contributed by atoms with Gasteiger partial charge in [-0.3, -0.25) is 4.55 Å². The summed E-state index contributed by atoms with van der Waals surface area (Å²) in [4.78, 5) is 4.44. The van der Waals surface area contributed by atoms with Crippen LogP contribution in [0.2, 0.25) is 0 Å². The van der Waals surface area contributed by atoms with Crippen molar-refractivity contribution in [2.24, 2.45) is 0 Å². The lowest BCUT2D eigenvalue weighted by Gasteiger charge is -1.88. The number of hydrogen-bond acceptors (Lipinski definition) is 4. The molecule has 0 aromatic heterocycles. The van der Waals surface area contributed by atoms with E-state index >= 15 is 0 Å². The molecule has 0 fully saturated rings. The lowest BCUT2D eigenvalue weighted by atomic mass is 10.8. The third kappa shape index (κ3) is 88.7. The summed E-state index contributed by atoms with van der Waals surface area (Å²) in [6, 6.07) is 0. The minimum Gasteiger partial charge on any atom is -0.305 e. The quantitative estimate of drug-likeness (QED) is 0.244. The van der Waals surface area contributed by atoms with Crippen LogP contribution in [0.15, 0.2) is 0 Å². The molecular formula is C3H11NO4S2. The second-order valence-electron chi connectivity index (χ2n) is 1.15. The molecule has 10 heavy (non-hydrogen) atoms. The van der Waals surface area contributed by atoms with E-state index in [1.54, 1.807) is 7.11 Å². The van der Waals surface area contributed by atoms with Gasteiger partial charge in [-0.15, -0.1) is 0 Å². The van der Waals surface area contributed by atoms with E-state index < -0.39 is 9.15 Å². The van der Waals surface area contributed by atoms with Crippen LogP contribution in [0.5, 0.6) is 0 Å². The molecule has 0 amide bonds. The van der Waals surface area contributed by atoms with Crippen molar-refractivity contribution in [3.8, 4) is 0 Å². The van der Waals surface area contributed by atoms with Crippen LogP contribution in [0.25, 0.3) is 0 Å². The zero-order chi connectivity index (χ0) is 8.62. The van der Waals surface area contributed by atoms with Gasteiger partial charge >= 0.3 is 9.15 Å². The molecule has 0 heterocycles. The van der Waals surface area contributed by atoms with E-state index in [9.17, 15) is 0 Å². The summed E-state index contributed by atoms with van der Waals surface area (Å²) in [6.45, 7) is 2.85. The van der Waals surface area contributed by atoms with Crippen molar-refractivity contribution in [2.75, 3.05) is 13.7 Å². The topological polar surface area (TPSA) is 75.6 Å². The van der Waals surface area contributed by atoms with Crippen LogP contribution in [0.4, 0.5) is 0 Å². The molecule has 0 aliphatic heterocycles. The molecule has 7 heteroatoms. The summed E-state index contributed by atoms with van der Waals surface area (Å²) in [6.07, 6.45) is 0. The first kappa shape index (κ1) is 12.8. The summed E-state index contributed by atoms with van der Waals surface area (Å²) in [5, 5.41) is 0. The normalized spacial score (nSPS) is 10.0. The molecule has 64 valence electrons. The van der Waals surface area contributed by atoms with Gasteiger partial charge in [0.2, 0.25) is 0 Å². The van der Waals surface area contributed by atoms with Gasteiger partial charge < -0.3 is 4.84 Å². The highest BCUT2D eigenvalue weighted by molar-refractivity contribution is 8.61. The Balaban J connectivity index is 0. The maximum atomic E-state index is 9.05. The first-order chi connectivity index (χ1) is 4.41. The van der Waals surface area contributed by atoms with Crippen molar-refractivity contribution in [3.05, 3.63) is 0 Å². The van der Waals surface area contributed by atoms with E-state index in [0.717, 1.165) is 6.54 Å². The minimum atomic E-state index is -3.97. The molecule has 0 rings (SSSR count). The average molecular weight is 189 g/mol. The summed E-state index contributed by atoms with van der Waals surface area (Å²) < 4.78 is 25.5. The van der Waals surface area contributed by atoms with Crippen molar-refractivity contribution < 1.29 is 17.8 Å². The van der Waals surface area contributed by atoms with Gasteiger partial charge in [0, 0.05) is 6.54 Å². The molecule has 0 unspecified atom stereocenters. The zero-order valence-corrected chi connectivity index (χ0v) is 7.45. The van der Waals surface area contributed by atoms with Gasteiger partial charge in [-0.05, 0) is 11.7 Å². The van der Waals surface area contributed by atoms with Gasteiger partial charge in [0.25, 0.3) is 0 Å². The van der Waals surface area contributed by atoms with Crippen molar-refractivity contribution in [1.82, 2.24) is 5.48 Å². The average Bonchev–Trinajstić information content (AvgIpc) is 1.63. The van der Waals surface area contributed by atoms with Crippen LogP contribution in [0.1, 0.15) is 6.92 Å². The Bertz CT molecular complexity index is 133. The summed E-state index contributed by atoms with van der Waals surface area (Å²) in [7, 11) is -2.37. The maximum Gasteiger partial charge on any atom is 0.316 e. The monoisotopic (exact) mass is 189 g/mol. The fourth-order valence-corrected chi connectivity index (χ4v) is 0.144. The van der Waals surface area contributed by atoms with E-state index in [1.807, 2.05) is 6.92 Å². The maximum absolute atomic E-state index is 9.05. The summed E-state index contributed by atoms with van der Waals surface area (Å²) >= 11 is 2.65. The molecule has 0 aromatic carbocycles. The second kappa shape index (κ2) is 7.29. The van der Waals surface area contributed by atoms with E-state index in [0.29, 0.717) is 0 Å². The smallest absolute Gasteiger partial charge is 0.305 e. The van der Waals surface area contributed by atoms with E-state index in [2.05, 4.69) is 22.0 Å². The highest BCUT2D eigenvalue weighted by Gasteiger charge is 1.83. The number of thiol groups is 1. The van der Waals surface area contributed by atoms with Crippen LogP contribution in [-0.4, -0.2) is 26.6 Å². The third-order valence-corrected chi connectivity index (χ3v) is 0.289. The van der Waals surface area contributed by atoms with Gasteiger partial charge in [-0.2, -0.15) is 8.42 Å². The molecular weight excluding hydrogens is 178 g/mol. The minimum absolute atomic E-state index is 0.872. The van der Waals surface area contributed by atoms with Crippen molar-refractivity contribution in [3.63, 3.8) is 0 Å². The molecule has 2 N–H and O–H groups in total. The van der Waals surface area contributed by atoms with Crippen LogP contribution in [0.3, 0.4) is 0 Å². The summed E-state index contributed by atoms with van der Waals surface area (Å²) in [5.74, 6) is 0. The van der Waals surface area contributed by atoms with Crippen molar-refractivity contribution in [1.29, 1.82) is 0 Å². The predicted molar refractivity (Wildman–Crippen MR) is 41.2 cm³/mol. The SMILES string of the molecule is CCNOC.O=S(=O)(O)S. The first-order valence-corrected chi connectivity index (χ1v) is 4.86. The third-order valence-electron chi connectivity index (χ3n) is 0.289. The highest BCUT2D eigenvalue weighted by atomic mass is 33.1. The van der Waals surface area contributed by atoms with Gasteiger partial charge in [0.1, 0.15) is 0 Å². The molecule has 0 aliphatic rings. The summed E-state index contributed by atoms with van der Waals surface area (Å²) in [5.41, 5.74) is 2.61. The Labute approximate surface area is 65.3 Å². The number of rotatable bonds is 2. The van der Waals surface area contributed by atoms with Crippen molar-refractivity contribution in [2.45, 2.75) is 6.92 Å². The van der Waals surface area contributed by atoms with Crippen molar-refractivity contribution >= 4 is 20.8 Å². The predicted octanol–water partition coefficient (Wildman–Crippen LogP) is -0.124. The second-order valence-corrected chi connectivity index (χ2v) is 3.43. The largest absolute Gasteiger partial charge is 0.316 e. The van der Waals surface area contributed by atoms with Crippen LogP contribution < -0.4 is 5.48 Å². The van der Waals surface area contributed by atoms with Gasteiger partial charge in [-0.25, -0.2) is 5.48 Å². The lowest BCUT2D eigenvalue weighted by Crippen LogP contribution is -2.08. The fraction of sp³-hybridized carbons (Fsp3) is 1.00. The van der Waals surface area contributed by atoms with E-state index in [1.165, 1.54) is 0 Å². The zero-order valence-electron chi connectivity index (χ0n) is 5.73. The Morgan fingerprint density at radius 2 is 2.00 bits per heavy atom. The van der Waals surface area contributed by atoms with E-state index in [4.69, 9.17) is 13.0 Å². The molecule has 0 saturated heterocycles. The van der Waals surface area contributed by atoms with Crippen LogP contribution >= 0.6 is 11.7 Å². The highest BCUT2D eigenvalue weighted by Crippen LogP contribution is 1.81.